The van der Waals surface area contributed by atoms with Crippen molar-refractivity contribution in [3.05, 3.63) is 46.7 Å². The number of nitrogens with zero attached hydrogens (tertiary/aromatic N) is 2. The average Bonchev–Trinajstić information content (AvgIpc) is 3.06. The summed E-state index contributed by atoms with van der Waals surface area (Å²) in [5, 5.41) is 2.02. The Kier molecular flexibility index (Phi) is 4.90. The molecular formula is C18H22N2OS. The number of amides is 1. The van der Waals surface area contributed by atoms with Crippen molar-refractivity contribution in [1.29, 1.82) is 0 Å². The van der Waals surface area contributed by atoms with E-state index in [9.17, 15) is 4.79 Å². The molecule has 22 heavy (non-hydrogen) atoms. The second kappa shape index (κ2) is 7.07. The SMILES string of the molecule is CCCN1CCN(C(=O)c2sccc2-c2ccccc2)CC1. The highest BCUT2D eigenvalue weighted by atomic mass is 32.1. The number of rotatable bonds is 4. The highest BCUT2D eigenvalue weighted by Crippen LogP contribution is 2.29. The van der Waals surface area contributed by atoms with Gasteiger partial charge < -0.3 is 4.90 Å². The second-order valence-electron chi connectivity index (χ2n) is 5.66. The summed E-state index contributed by atoms with van der Waals surface area (Å²) < 4.78 is 0. The summed E-state index contributed by atoms with van der Waals surface area (Å²) in [6.45, 7) is 7.00. The van der Waals surface area contributed by atoms with Crippen LogP contribution in [0.25, 0.3) is 11.1 Å². The molecule has 3 nitrogen and oxygen atoms in total. The predicted octanol–water partition coefficient (Wildman–Crippen LogP) is 3.58. The number of hydrogen-bond acceptors (Lipinski definition) is 3. The molecule has 116 valence electrons. The minimum atomic E-state index is 0.185. The Morgan fingerprint density at radius 1 is 1.09 bits per heavy atom. The Balaban J connectivity index is 1.73. The normalized spacial score (nSPS) is 16.0. The van der Waals surface area contributed by atoms with Crippen LogP contribution in [-0.4, -0.2) is 48.4 Å². The highest BCUT2D eigenvalue weighted by Gasteiger charge is 2.24. The van der Waals surface area contributed by atoms with E-state index in [0.29, 0.717) is 0 Å². The summed E-state index contributed by atoms with van der Waals surface area (Å²) in [5.41, 5.74) is 2.18. The van der Waals surface area contributed by atoms with Crippen LogP contribution < -0.4 is 0 Å². The zero-order valence-corrected chi connectivity index (χ0v) is 13.8. The van der Waals surface area contributed by atoms with E-state index in [1.54, 1.807) is 11.3 Å². The van der Waals surface area contributed by atoms with Crippen molar-refractivity contribution in [2.45, 2.75) is 13.3 Å². The van der Waals surface area contributed by atoms with E-state index in [0.717, 1.165) is 48.7 Å². The van der Waals surface area contributed by atoms with Gasteiger partial charge in [0.15, 0.2) is 0 Å². The van der Waals surface area contributed by atoms with Crippen molar-refractivity contribution in [3.8, 4) is 11.1 Å². The first-order chi connectivity index (χ1) is 10.8. The van der Waals surface area contributed by atoms with Crippen LogP contribution in [0.2, 0.25) is 0 Å². The molecule has 2 heterocycles. The van der Waals surface area contributed by atoms with Crippen molar-refractivity contribution < 1.29 is 4.79 Å². The third kappa shape index (κ3) is 3.23. The van der Waals surface area contributed by atoms with Gasteiger partial charge in [-0.25, -0.2) is 0 Å². The number of thiophene rings is 1. The predicted molar refractivity (Wildman–Crippen MR) is 92.4 cm³/mol. The van der Waals surface area contributed by atoms with Gasteiger partial charge in [-0.1, -0.05) is 37.3 Å². The van der Waals surface area contributed by atoms with Crippen molar-refractivity contribution in [2.24, 2.45) is 0 Å². The molecule has 0 saturated carbocycles. The van der Waals surface area contributed by atoms with Gasteiger partial charge in [-0.15, -0.1) is 11.3 Å². The molecule has 0 spiro atoms. The molecule has 1 aromatic heterocycles. The number of hydrogen-bond donors (Lipinski definition) is 0. The maximum atomic E-state index is 12.8. The van der Waals surface area contributed by atoms with Gasteiger partial charge in [-0.05, 0) is 30.0 Å². The van der Waals surface area contributed by atoms with E-state index in [2.05, 4.69) is 30.0 Å². The van der Waals surface area contributed by atoms with Gasteiger partial charge in [-0.2, -0.15) is 0 Å². The van der Waals surface area contributed by atoms with Gasteiger partial charge >= 0.3 is 0 Å². The lowest BCUT2D eigenvalue weighted by Crippen LogP contribution is -2.48. The number of benzene rings is 1. The summed E-state index contributed by atoms with van der Waals surface area (Å²) in [6.07, 6.45) is 1.18. The van der Waals surface area contributed by atoms with Gasteiger partial charge in [0.05, 0.1) is 4.88 Å². The first kappa shape index (κ1) is 15.3. The molecule has 2 aromatic rings. The van der Waals surface area contributed by atoms with Crippen molar-refractivity contribution in [3.63, 3.8) is 0 Å². The minimum absolute atomic E-state index is 0.185. The maximum absolute atomic E-state index is 12.8. The summed E-state index contributed by atoms with van der Waals surface area (Å²) in [6, 6.07) is 12.2. The Morgan fingerprint density at radius 3 is 2.50 bits per heavy atom. The Hall–Kier alpha value is -1.65. The Labute approximate surface area is 136 Å². The lowest BCUT2D eigenvalue weighted by atomic mass is 10.1. The van der Waals surface area contributed by atoms with Crippen LogP contribution >= 0.6 is 11.3 Å². The molecule has 1 fully saturated rings. The van der Waals surface area contributed by atoms with Crippen molar-refractivity contribution in [2.75, 3.05) is 32.7 Å². The van der Waals surface area contributed by atoms with Gasteiger partial charge in [-0.3, -0.25) is 9.69 Å². The van der Waals surface area contributed by atoms with E-state index in [1.807, 2.05) is 28.5 Å². The van der Waals surface area contributed by atoms with Gasteiger partial charge in [0.25, 0.3) is 5.91 Å². The third-order valence-corrected chi connectivity index (χ3v) is 5.05. The molecule has 1 amide bonds. The summed E-state index contributed by atoms with van der Waals surface area (Å²) in [7, 11) is 0. The fourth-order valence-electron chi connectivity index (χ4n) is 2.95. The molecule has 1 saturated heterocycles. The second-order valence-corrected chi connectivity index (χ2v) is 6.58. The molecule has 1 aromatic carbocycles. The lowest BCUT2D eigenvalue weighted by Gasteiger charge is -2.34. The molecule has 3 rings (SSSR count). The quantitative estimate of drug-likeness (QED) is 0.861. The fraction of sp³-hybridized carbons (Fsp3) is 0.389. The molecule has 0 radical (unpaired) electrons. The van der Waals surface area contributed by atoms with Crippen LogP contribution in [0.1, 0.15) is 23.0 Å². The summed E-state index contributed by atoms with van der Waals surface area (Å²) in [5.74, 6) is 0.185. The van der Waals surface area contributed by atoms with E-state index < -0.39 is 0 Å². The maximum Gasteiger partial charge on any atom is 0.264 e. The molecule has 0 atom stereocenters. The monoisotopic (exact) mass is 314 g/mol. The first-order valence-electron chi connectivity index (χ1n) is 7.94. The van der Waals surface area contributed by atoms with Gasteiger partial charge in [0, 0.05) is 31.7 Å². The molecular weight excluding hydrogens is 292 g/mol. The zero-order chi connectivity index (χ0) is 15.4. The largest absolute Gasteiger partial charge is 0.335 e. The molecule has 0 unspecified atom stereocenters. The topological polar surface area (TPSA) is 23.6 Å². The molecule has 0 bridgehead atoms. The minimum Gasteiger partial charge on any atom is -0.335 e. The molecule has 0 N–H and O–H groups in total. The smallest absolute Gasteiger partial charge is 0.264 e. The van der Waals surface area contributed by atoms with E-state index in [4.69, 9.17) is 0 Å². The van der Waals surface area contributed by atoms with Crippen LogP contribution in [-0.2, 0) is 0 Å². The fourth-order valence-corrected chi connectivity index (χ4v) is 3.84. The van der Waals surface area contributed by atoms with Crippen molar-refractivity contribution in [1.82, 2.24) is 9.80 Å². The summed E-state index contributed by atoms with van der Waals surface area (Å²) >= 11 is 1.55. The molecule has 1 aliphatic rings. The van der Waals surface area contributed by atoms with E-state index in [1.165, 1.54) is 6.42 Å². The Bertz CT molecular complexity index is 615. The summed E-state index contributed by atoms with van der Waals surface area (Å²) in [4.78, 5) is 18.2. The number of piperazine rings is 1. The van der Waals surface area contributed by atoms with Crippen LogP contribution in [0.15, 0.2) is 41.8 Å². The average molecular weight is 314 g/mol. The van der Waals surface area contributed by atoms with Crippen LogP contribution in [0, 0.1) is 0 Å². The standard InChI is InChI=1S/C18H22N2OS/c1-2-9-19-10-12-20(13-11-19)18(21)17-16(8-14-22-17)15-6-4-3-5-7-15/h3-8,14H,2,9-13H2,1H3. The van der Waals surface area contributed by atoms with E-state index in [-0.39, 0.29) is 5.91 Å². The number of carbonyl (C=O) groups excluding carboxylic acids is 1. The molecule has 4 heteroatoms. The zero-order valence-electron chi connectivity index (χ0n) is 13.0. The lowest BCUT2D eigenvalue weighted by molar-refractivity contribution is 0.0643. The molecule has 0 aliphatic carbocycles. The van der Waals surface area contributed by atoms with Crippen LogP contribution in [0.5, 0.6) is 0 Å². The Morgan fingerprint density at radius 2 is 1.82 bits per heavy atom. The van der Waals surface area contributed by atoms with Gasteiger partial charge in [0.1, 0.15) is 0 Å². The number of carbonyl (C=O) groups is 1. The van der Waals surface area contributed by atoms with Gasteiger partial charge in [0.2, 0.25) is 0 Å². The highest BCUT2D eigenvalue weighted by molar-refractivity contribution is 7.12. The van der Waals surface area contributed by atoms with Crippen molar-refractivity contribution >= 4 is 17.2 Å². The first-order valence-corrected chi connectivity index (χ1v) is 8.82. The van der Waals surface area contributed by atoms with E-state index >= 15 is 0 Å². The van der Waals surface area contributed by atoms with Crippen LogP contribution in [0.4, 0.5) is 0 Å². The van der Waals surface area contributed by atoms with Crippen LogP contribution in [0.3, 0.4) is 0 Å². The third-order valence-electron chi connectivity index (χ3n) is 4.14. The molecule has 1 aliphatic heterocycles.